The Morgan fingerprint density at radius 3 is 2.33 bits per heavy atom. The van der Waals surface area contributed by atoms with Gasteiger partial charge in [-0.25, -0.2) is 0 Å². The Morgan fingerprint density at radius 2 is 1.89 bits per heavy atom. The van der Waals surface area contributed by atoms with E-state index in [1.807, 2.05) is 18.7 Å². The number of nitrogen functional groups attached to an aromatic ring is 1. The molecule has 102 valence electrons. The van der Waals surface area contributed by atoms with Gasteiger partial charge in [-0.1, -0.05) is 13.8 Å². The normalized spacial score (nSPS) is 20.1. The lowest BCUT2D eigenvalue weighted by atomic mass is 9.75. The Hall–Kier alpha value is -1.19. The van der Waals surface area contributed by atoms with Crippen LogP contribution in [0.1, 0.15) is 45.2 Å². The minimum absolute atomic E-state index is 0.505. The largest absolute Gasteiger partial charge is 0.394 e. The molecule has 1 heterocycles. The molecule has 0 radical (unpaired) electrons. The van der Waals surface area contributed by atoms with Gasteiger partial charge in [-0.2, -0.15) is 5.10 Å². The molecule has 1 aliphatic rings. The van der Waals surface area contributed by atoms with Crippen molar-refractivity contribution in [3.05, 3.63) is 5.69 Å². The summed E-state index contributed by atoms with van der Waals surface area (Å²) < 4.78 is 1.91. The monoisotopic (exact) mass is 250 g/mol. The van der Waals surface area contributed by atoms with Crippen LogP contribution in [0.2, 0.25) is 0 Å². The maximum absolute atomic E-state index is 6.14. The van der Waals surface area contributed by atoms with E-state index in [1.54, 1.807) is 0 Å². The van der Waals surface area contributed by atoms with Crippen molar-refractivity contribution in [1.29, 1.82) is 0 Å². The van der Waals surface area contributed by atoms with E-state index in [9.17, 15) is 0 Å². The molecule has 0 unspecified atom stereocenters. The molecule has 1 saturated carbocycles. The highest BCUT2D eigenvalue weighted by atomic mass is 15.4. The van der Waals surface area contributed by atoms with E-state index in [0.717, 1.165) is 17.2 Å². The number of aryl methyl sites for hydroxylation is 2. The molecule has 1 fully saturated rings. The van der Waals surface area contributed by atoms with Gasteiger partial charge in [0.2, 0.25) is 0 Å². The zero-order valence-corrected chi connectivity index (χ0v) is 12.3. The Bertz CT molecular complexity index is 423. The number of hydrogen-bond acceptors (Lipinski definition) is 3. The molecule has 0 spiro atoms. The minimum atomic E-state index is 0.505. The second-order valence-corrected chi connectivity index (χ2v) is 6.45. The summed E-state index contributed by atoms with van der Waals surface area (Å²) >= 11 is 0. The van der Waals surface area contributed by atoms with E-state index in [4.69, 9.17) is 5.73 Å². The summed E-state index contributed by atoms with van der Waals surface area (Å²) in [4.78, 5) is 2.32. The predicted octanol–water partition coefficient (Wildman–Crippen LogP) is 2.72. The first-order valence-electron chi connectivity index (χ1n) is 6.84. The summed E-state index contributed by atoms with van der Waals surface area (Å²) in [6.45, 7) is 6.70. The molecule has 1 aromatic rings. The van der Waals surface area contributed by atoms with Crippen molar-refractivity contribution in [2.24, 2.45) is 12.5 Å². The van der Waals surface area contributed by atoms with Crippen LogP contribution < -0.4 is 10.6 Å². The Morgan fingerprint density at radius 1 is 1.33 bits per heavy atom. The van der Waals surface area contributed by atoms with Crippen molar-refractivity contribution < 1.29 is 0 Å². The van der Waals surface area contributed by atoms with E-state index in [1.165, 1.54) is 25.7 Å². The summed E-state index contributed by atoms with van der Waals surface area (Å²) in [6.07, 6.45) is 5.07. The lowest BCUT2D eigenvalue weighted by Gasteiger charge is -2.39. The Kier molecular flexibility index (Phi) is 3.30. The summed E-state index contributed by atoms with van der Waals surface area (Å²) in [7, 11) is 4.12. The van der Waals surface area contributed by atoms with Crippen molar-refractivity contribution in [1.82, 2.24) is 9.78 Å². The first-order chi connectivity index (χ1) is 8.32. The van der Waals surface area contributed by atoms with Gasteiger partial charge in [0.05, 0.1) is 11.4 Å². The van der Waals surface area contributed by atoms with E-state index >= 15 is 0 Å². The highest BCUT2D eigenvalue weighted by Gasteiger charge is 2.30. The van der Waals surface area contributed by atoms with Crippen LogP contribution in [-0.2, 0) is 7.05 Å². The molecule has 0 bridgehead atoms. The predicted molar refractivity (Wildman–Crippen MR) is 76.8 cm³/mol. The third kappa shape index (κ3) is 2.33. The van der Waals surface area contributed by atoms with Gasteiger partial charge in [0.1, 0.15) is 5.82 Å². The highest BCUT2D eigenvalue weighted by molar-refractivity contribution is 5.66. The van der Waals surface area contributed by atoms with Crippen LogP contribution in [-0.4, -0.2) is 22.9 Å². The minimum Gasteiger partial charge on any atom is -0.394 e. The second-order valence-electron chi connectivity index (χ2n) is 6.45. The van der Waals surface area contributed by atoms with Crippen LogP contribution in [0.5, 0.6) is 0 Å². The number of anilines is 2. The molecule has 1 aliphatic carbocycles. The molecular weight excluding hydrogens is 224 g/mol. The second kappa shape index (κ2) is 4.48. The topological polar surface area (TPSA) is 47.1 Å². The molecule has 18 heavy (non-hydrogen) atoms. The van der Waals surface area contributed by atoms with Gasteiger partial charge in [-0.05, 0) is 38.0 Å². The molecule has 0 aliphatic heterocycles. The van der Waals surface area contributed by atoms with Crippen molar-refractivity contribution in [2.45, 2.75) is 52.5 Å². The first-order valence-corrected chi connectivity index (χ1v) is 6.84. The summed E-state index contributed by atoms with van der Waals surface area (Å²) in [5, 5.41) is 4.41. The molecule has 0 amide bonds. The van der Waals surface area contributed by atoms with Gasteiger partial charge in [-0.3, -0.25) is 4.68 Å². The van der Waals surface area contributed by atoms with Gasteiger partial charge in [0, 0.05) is 20.1 Å². The third-order valence-corrected chi connectivity index (χ3v) is 4.43. The van der Waals surface area contributed by atoms with E-state index < -0.39 is 0 Å². The van der Waals surface area contributed by atoms with Crippen LogP contribution >= 0.6 is 0 Å². The SMILES string of the molecule is Cc1nn(C)c(N(C)C2CCC(C)(C)CC2)c1N. The summed E-state index contributed by atoms with van der Waals surface area (Å²) in [5.41, 5.74) is 8.39. The smallest absolute Gasteiger partial charge is 0.150 e. The van der Waals surface area contributed by atoms with Gasteiger partial charge < -0.3 is 10.6 Å². The van der Waals surface area contributed by atoms with Crippen LogP contribution in [0.15, 0.2) is 0 Å². The van der Waals surface area contributed by atoms with Crippen LogP contribution in [0.4, 0.5) is 11.5 Å². The molecule has 1 aromatic heterocycles. The molecule has 2 N–H and O–H groups in total. The van der Waals surface area contributed by atoms with Crippen LogP contribution in [0.3, 0.4) is 0 Å². The highest BCUT2D eigenvalue weighted by Crippen LogP contribution is 2.38. The molecule has 4 nitrogen and oxygen atoms in total. The third-order valence-electron chi connectivity index (χ3n) is 4.43. The zero-order valence-electron chi connectivity index (χ0n) is 12.3. The van der Waals surface area contributed by atoms with Gasteiger partial charge in [-0.15, -0.1) is 0 Å². The van der Waals surface area contributed by atoms with Crippen LogP contribution in [0, 0.1) is 12.3 Å². The number of rotatable bonds is 2. The summed E-state index contributed by atoms with van der Waals surface area (Å²) in [6, 6.07) is 0.593. The fourth-order valence-electron chi connectivity index (χ4n) is 3.02. The maximum Gasteiger partial charge on any atom is 0.150 e. The molecule has 0 atom stereocenters. The van der Waals surface area contributed by atoms with Crippen molar-refractivity contribution in [3.63, 3.8) is 0 Å². The van der Waals surface area contributed by atoms with Crippen molar-refractivity contribution >= 4 is 11.5 Å². The fraction of sp³-hybridized carbons (Fsp3) is 0.786. The molecule has 2 rings (SSSR count). The molecule has 4 heteroatoms. The maximum atomic E-state index is 6.14. The Balaban J connectivity index is 2.15. The van der Waals surface area contributed by atoms with E-state index in [-0.39, 0.29) is 0 Å². The standard InChI is InChI=1S/C14H26N4/c1-10-12(15)13(18(5)16-10)17(4)11-6-8-14(2,3)9-7-11/h11H,6-9,15H2,1-5H3. The average Bonchev–Trinajstić information content (AvgIpc) is 2.52. The number of hydrogen-bond donors (Lipinski definition) is 1. The zero-order chi connectivity index (χ0) is 13.5. The number of nitrogens with two attached hydrogens (primary N) is 1. The lowest BCUT2D eigenvalue weighted by Crippen LogP contribution is -2.38. The van der Waals surface area contributed by atoms with Crippen molar-refractivity contribution in [3.8, 4) is 0 Å². The fourth-order valence-corrected chi connectivity index (χ4v) is 3.02. The van der Waals surface area contributed by atoms with E-state index in [2.05, 4.69) is 30.9 Å². The lowest BCUT2D eigenvalue weighted by molar-refractivity contribution is 0.222. The van der Waals surface area contributed by atoms with E-state index in [0.29, 0.717) is 11.5 Å². The molecule has 0 saturated heterocycles. The Labute approximate surface area is 110 Å². The quantitative estimate of drug-likeness (QED) is 0.878. The number of nitrogens with zero attached hydrogens (tertiary/aromatic N) is 3. The molecular formula is C14H26N4. The van der Waals surface area contributed by atoms with Gasteiger partial charge in [0.15, 0.2) is 0 Å². The van der Waals surface area contributed by atoms with Crippen molar-refractivity contribution in [2.75, 3.05) is 17.7 Å². The average molecular weight is 250 g/mol. The first kappa shape index (κ1) is 13.2. The van der Waals surface area contributed by atoms with Crippen LogP contribution in [0.25, 0.3) is 0 Å². The summed E-state index contributed by atoms with van der Waals surface area (Å²) in [5.74, 6) is 1.07. The van der Waals surface area contributed by atoms with Gasteiger partial charge in [0.25, 0.3) is 0 Å². The molecule has 0 aromatic carbocycles. The number of aromatic nitrogens is 2. The van der Waals surface area contributed by atoms with Gasteiger partial charge >= 0.3 is 0 Å².